The van der Waals surface area contributed by atoms with E-state index in [9.17, 15) is 19.2 Å². The molecule has 16 heteroatoms. The molecule has 5 aliphatic rings. The number of carbonyl (C=O) groups excluding carboxylic acids is 4. The highest BCUT2D eigenvalue weighted by molar-refractivity contribution is 5.89. The van der Waals surface area contributed by atoms with Crippen LogP contribution in [0.4, 0.5) is 18.4 Å². The van der Waals surface area contributed by atoms with Crippen LogP contribution in [0.5, 0.6) is 0 Å². The molecule has 2 aliphatic heterocycles. The van der Waals surface area contributed by atoms with Crippen molar-refractivity contribution in [3.05, 3.63) is 83.6 Å². The van der Waals surface area contributed by atoms with Gasteiger partial charge >= 0.3 is 12.2 Å². The van der Waals surface area contributed by atoms with Crippen LogP contribution in [0.2, 0.25) is 0 Å². The molecule has 67 heavy (non-hydrogen) atoms. The van der Waals surface area contributed by atoms with Gasteiger partial charge in [-0.05, 0) is 115 Å². The van der Waals surface area contributed by atoms with Crippen molar-refractivity contribution in [2.75, 3.05) is 27.3 Å². The summed E-state index contributed by atoms with van der Waals surface area (Å²) in [4.78, 5) is 72.7. The first kappa shape index (κ1) is 44.5. The number of likely N-dealkylation sites (tertiary alicyclic amines) is 2. The first-order valence-electron chi connectivity index (χ1n) is 23.6. The maximum atomic E-state index is 16.7. The average Bonchev–Trinajstić information content (AvgIpc) is 3.98. The van der Waals surface area contributed by atoms with Crippen LogP contribution >= 0.6 is 0 Å². The van der Waals surface area contributed by atoms with E-state index in [1.165, 1.54) is 14.2 Å². The molecule has 0 unspecified atom stereocenters. The smallest absolute Gasteiger partial charge is 0.407 e. The number of amides is 4. The molecule has 4 amide bonds. The Morgan fingerprint density at radius 3 is 2.21 bits per heavy atom. The van der Waals surface area contributed by atoms with Gasteiger partial charge in [0.25, 0.3) is 5.92 Å². The number of carbonyl (C=O) groups is 4. The molecule has 5 aromatic rings. The van der Waals surface area contributed by atoms with Crippen LogP contribution < -0.4 is 10.6 Å². The number of ether oxygens (including phenoxy) is 2. The van der Waals surface area contributed by atoms with Gasteiger partial charge in [0.1, 0.15) is 17.7 Å². The second kappa shape index (κ2) is 16.8. The van der Waals surface area contributed by atoms with Gasteiger partial charge in [0.05, 0.1) is 49.2 Å². The summed E-state index contributed by atoms with van der Waals surface area (Å²) < 4.78 is 43.0. The number of hydrogen-bond acceptors (Lipinski definition) is 8. The highest BCUT2D eigenvalue weighted by Crippen LogP contribution is 2.59. The number of aromatic amines is 2. The van der Waals surface area contributed by atoms with E-state index in [1.807, 2.05) is 67.8 Å². The summed E-state index contributed by atoms with van der Waals surface area (Å²) >= 11 is 0. The van der Waals surface area contributed by atoms with E-state index in [0.717, 1.165) is 49.6 Å². The number of fused-ring (bicyclic) bond motifs is 6. The van der Waals surface area contributed by atoms with E-state index in [4.69, 9.17) is 19.4 Å². The Morgan fingerprint density at radius 2 is 1.52 bits per heavy atom. The van der Waals surface area contributed by atoms with Crippen molar-refractivity contribution in [1.82, 2.24) is 40.4 Å². The van der Waals surface area contributed by atoms with Gasteiger partial charge in [-0.15, -0.1) is 0 Å². The monoisotopic (exact) mass is 916 g/mol. The Bertz CT molecular complexity index is 2780. The van der Waals surface area contributed by atoms with Crippen molar-refractivity contribution in [2.24, 2.45) is 29.1 Å². The van der Waals surface area contributed by atoms with Crippen LogP contribution in [0.1, 0.15) is 108 Å². The molecule has 352 valence electrons. The van der Waals surface area contributed by atoms with E-state index in [0.29, 0.717) is 64.6 Å². The Hall–Kier alpha value is -6.32. The predicted octanol–water partition coefficient (Wildman–Crippen LogP) is 9.25. The zero-order valence-corrected chi connectivity index (χ0v) is 38.8. The van der Waals surface area contributed by atoms with Crippen molar-refractivity contribution < 1.29 is 37.4 Å². The lowest BCUT2D eigenvalue weighted by Gasteiger charge is -2.37. The lowest BCUT2D eigenvalue weighted by atomic mass is 9.90. The minimum Gasteiger partial charge on any atom is -0.453 e. The number of alkyl carbamates (subject to hydrolysis) is 2. The summed E-state index contributed by atoms with van der Waals surface area (Å²) in [6.45, 7) is 8.77. The zero-order valence-electron chi connectivity index (χ0n) is 38.8. The van der Waals surface area contributed by atoms with Crippen LogP contribution in [-0.2, 0) is 25.0 Å². The number of hydrogen-bond donors (Lipinski definition) is 4. The third kappa shape index (κ3) is 7.79. The summed E-state index contributed by atoms with van der Waals surface area (Å²) in [6, 6.07) is 14.8. The lowest BCUT2D eigenvalue weighted by molar-refractivity contribution is -0.139. The van der Waals surface area contributed by atoms with Crippen molar-refractivity contribution in [2.45, 2.75) is 103 Å². The highest BCUT2D eigenvalue weighted by atomic mass is 19.3. The van der Waals surface area contributed by atoms with Crippen molar-refractivity contribution in [1.29, 1.82) is 0 Å². The van der Waals surface area contributed by atoms with Gasteiger partial charge in [0, 0.05) is 41.7 Å². The summed E-state index contributed by atoms with van der Waals surface area (Å²) in [6.07, 6.45) is 6.55. The number of nitrogens with zero attached hydrogens (tertiary/aromatic N) is 4. The molecule has 2 aromatic heterocycles. The molecule has 4 heterocycles. The van der Waals surface area contributed by atoms with Crippen molar-refractivity contribution in [3.8, 4) is 33.5 Å². The second-order valence-corrected chi connectivity index (χ2v) is 20.1. The van der Waals surface area contributed by atoms with Gasteiger partial charge in [-0.2, -0.15) is 8.78 Å². The quantitative estimate of drug-likeness (QED) is 0.0958. The number of H-pyrrole nitrogens is 2. The number of imidazole rings is 2. The van der Waals surface area contributed by atoms with Crippen molar-refractivity contribution in [3.63, 3.8) is 0 Å². The molecule has 2 bridgehead atoms. The molecule has 10 rings (SSSR count). The number of piperidine rings is 1. The molecule has 14 nitrogen and oxygen atoms in total. The summed E-state index contributed by atoms with van der Waals surface area (Å²) in [7, 11) is 2.59. The van der Waals surface area contributed by atoms with Crippen LogP contribution in [0.25, 0.3) is 44.5 Å². The fraction of sp³-hybridized carbons (Fsp3) is 0.490. The number of nitrogens with one attached hydrogen (secondary N) is 4. The molecule has 4 fully saturated rings. The maximum absolute atomic E-state index is 16.7. The second-order valence-electron chi connectivity index (χ2n) is 20.1. The normalized spacial score (nSPS) is 22.6. The number of halogens is 2. The zero-order chi connectivity index (χ0) is 47.1. The highest BCUT2D eigenvalue weighted by Gasteiger charge is 2.55. The van der Waals surface area contributed by atoms with E-state index in [1.54, 1.807) is 30.5 Å². The fourth-order valence-corrected chi connectivity index (χ4v) is 11.5. The molecular weight excluding hydrogens is 859 g/mol. The molecule has 3 aromatic carbocycles. The maximum Gasteiger partial charge on any atom is 0.407 e. The number of benzene rings is 3. The van der Waals surface area contributed by atoms with Gasteiger partial charge in [-0.25, -0.2) is 19.6 Å². The third-order valence-corrected chi connectivity index (χ3v) is 15.4. The molecule has 1 spiro atoms. The Balaban J connectivity index is 0.881. The lowest BCUT2D eigenvalue weighted by Crippen LogP contribution is -2.54. The summed E-state index contributed by atoms with van der Waals surface area (Å²) in [5.41, 5.74) is 4.86. The molecule has 2 saturated heterocycles. The molecule has 2 saturated carbocycles. The topological polar surface area (TPSA) is 175 Å². The molecule has 3 aliphatic carbocycles. The van der Waals surface area contributed by atoms with Gasteiger partial charge < -0.3 is 39.9 Å². The Morgan fingerprint density at radius 1 is 0.836 bits per heavy atom. The van der Waals surface area contributed by atoms with Crippen LogP contribution in [0.3, 0.4) is 0 Å². The number of rotatable bonds is 12. The van der Waals surface area contributed by atoms with Gasteiger partial charge in [-0.1, -0.05) is 58.0 Å². The van der Waals surface area contributed by atoms with Gasteiger partial charge in [0.2, 0.25) is 11.8 Å². The minimum absolute atomic E-state index is 0.0277. The van der Waals surface area contributed by atoms with Crippen LogP contribution in [0.15, 0.2) is 60.8 Å². The van der Waals surface area contributed by atoms with E-state index in [-0.39, 0.29) is 70.2 Å². The van der Waals surface area contributed by atoms with Gasteiger partial charge in [-0.3, -0.25) is 9.59 Å². The van der Waals surface area contributed by atoms with Crippen molar-refractivity contribution >= 4 is 35.0 Å². The van der Waals surface area contributed by atoms with E-state index in [2.05, 4.69) is 20.6 Å². The fourth-order valence-electron chi connectivity index (χ4n) is 11.5. The first-order valence-corrected chi connectivity index (χ1v) is 23.6. The van der Waals surface area contributed by atoms with E-state index < -0.39 is 24.2 Å². The van der Waals surface area contributed by atoms with Gasteiger partial charge in [0.15, 0.2) is 0 Å². The summed E-state index contributed by atoms with van der Waals surface area (Å²) in [5, 5.41) is 5.44. The predicted molar refractivity (Wildman–Crippen MR) is 247 cm³/mol. The largest absolute Gasteiger partial charge is 0.453 e. The summed E-state index contributed by atoms with van der Waals surface area (Å²) in [5.74, 6) is -2.30. The molecule has 4 N–H and O–H groups in total. The Kier molecular flexibility index (Phi) is 11.1. The number of alkyl halides is 2. The molecular formula is C51H58F2N8O6. The standard InChI is InChI=1S/C51H58F2N8O6/c1-26(2)33(15-18-54-48(64)66-5)46(62)60-25-50(16-17-50)23-41(60)44-55-24-40(58-44)30-9-13-35-34-12-8-28(20-36(34)51(52,53)37(35)21-30)29-10-14-38-39(22-29)57-45(56-38)43-31-7-11-32(19-31)61(43)47(63)42(27(3)4)59-49(65)67-6/h8-10,12-14,20-22,24,26-27,31-33,41-43H,7,11,15-19,23,25H2,1-6H3,(H,54,64)(H,55,58)(H,56,57)(H,59,65)/t31-,32+,33-,41-,42-,43-/m0/s1. The van der Waals surface area contributed by atoms with Crippen LogP contribution in [0, 0.1) is 29.1 Å². The third-order valence-electron chi connectivity index (χ3n) is 15.4. The molecule has 0 radical (unpaired) electrons. The first-order chi connectivity index (χ1) is 32.1. The number of aromatic nitrogens is 4. The average molecular weight is 917 g/mol. The minimum atomic E-state index is -3.28. The Labute approximate surface area is 388 Å². The SMILES string of the molecule is COC(=O)NCC[C@H](C(=O)N1CC2(CC2)C[C@H]1c1ncc(-c2ccc3c(c2)C(F)(F)c2cc(-c4ccc5nc([C@@H]6[C@H]7CC[C@H](C7)N6C(=O)[C@@H](NC(=O)OC)C(C)C)[nH]c5c4)ccc2-3)[nH]1)C(C)C. The molecule has 6 atom stereocenters. The van der Waals surface area contributed by atoms with Crippen LogP contribution in [-0.4, -0.2) is 93.1 Å². The van der Waals surface area contributed by atoms with E-state index >= 15 is 8.78 Å². The number of methoxy groups -OCH3 is 2.